The fourth-order valence-electron chi connectivity index (χ4n) is 5.30. The third-order valence-corrected chi connectivity index (χ3v) is 7.40. The highest BCUT2D eigenvalue weighted by Gasteiger charge is 2.46. The maximum Gasteiger partial charge on any atom is 0.253 e. The van der Waals surface area contributed by atoms with Crippen LogP contribution < -0.4 is 14.5 Å². The number of rotatable bonds is 6. The minimum atomic E-state index is -0.545. The molecule has 2 unspecified atom stereocenters. The van der Waals surface area contributed by atoms with E-state index in [4.69, 9.17) is 15.7 Å². The maximum atomic E-state index is 13.8. The van der Waals surface area contributed by atoms with E-state index >= 15 is 0 Å². The van der Waals surface area contributed by atoms with E-state index in [1.54, 1.807) is 57.6 Å². The van der Waals surface area contributed by atoms with Gasteiger partial charge in [-0.25, -0.2) is 14.8 Å². The second-order valence-corrected chi connectivity index (χ2v) is 9.80. The summed E-state index contributed by atoms with van der Waals surface area (Å²) >= 11 is 0. The van der Waals surface area contributed by atoms with Gasteiger partial charge in [0, 0.05) is 44.2 Å². The van der Waals surface area contributed by atoms with Gasteiger partial charge in [0.05, 0.1) is 25.6 Å². The Hall–Kier alpha value is -5.17. The molecule has 6 rings (SSSR count). The molecular formula is C30H26N6O4. The van der Waals surface area contributed by atoms with Crippen LogP contribution in [0.2, 0.25) is 0 Å². The van der Waals surface area contributed by atoms with E-state index in [1.807, 2.05) is 30.3 Å². The minimum Gasteiger partial charge on any atom is -0.497 e. The van der Waals surface area contributed by atoms with E-state index in [9.17, 15) is 9.59 Å². The average Bonchev–Trinajstić information content (AvgIpc) is 3.50. The van der Waals surface area contributed by atoms with Crippen LogP contribution in [-0.2, 0) is 16.1 Å². The molecular weight excluding hydrogens is 508 g/mol. The Morgan fingerprint density at radius 2 is 1.95 bits per heavy atom. The number of nitrogens with zero attached hydrogens (tertiary/aromatic N) is 6. The maximum absolute atomic E-state index is 13.8. The fraction of sp³-hybridized carbons (Fsp3) is 0.233. The van der Waals surface area contributed by atoms with Crippen LogP contribution in [0.15, 0.2) is 70.2 Å². The van der Waals surface area contributed by atoms with Gasteiger partial charge in [-0.3, -0.25) is 9.59 Å². The Balaban J connectivity index is 1.26. The molecule has 2 amide bonds. The number of anilines is 2. The van der Waals surface area contributed by atoms with E-state index in [1.165, 1.54) is 9.91 Å². The number of methoxy groups -OCH3 is 1. The lowest BCUT2D eigenvalue weighted by Crippen LogP contribution is -2.48. The molecule has 0 radical (unpaired) electrons. The van der Waals surface area contributed by atoms with E-state index in [-0.39, 0.29) is 24.4 Å². The third-order valence-electron chi connectivity index (χ3n) is 7.40. The molecule has 40 heavy (non-hydrogen) atoms. The van der Waals surface area contributed by atoms with Crippen molar-refractivity contribution in [1.29, 1.82) is 0 Å². The number of amides is 2. The first-order valence-electron chi connectivity index (χ1n) is 12.8. The first kappa shape index (κ1) is 25.1. The standard InChI is InChI=1S/C30H26N6O4/c1-18-33-24-11-9-21(13-27(24)40-18)34(3)28(37)17-36-30(38)29-23-14-22(39-4)10-12-25(23)35(26(29)15-32-36)16-19-5-7-20(31-2)8-6-19/h5-15,26,29H,16-17H2,1,3-4H3. The number of aryl methyl sites for hydroxylation is 1. The molecule has 200 valence electrons. The number of aromatic nitrogens is 1. The molecule has 0 spiro atoms. The normalized spacial score (nSPS) is 17.5. The molecule has 3 heterocycles. The monoisotopic (exact) mass is 534 g/mol. The summed E-state index contributed by atoms with van der Waals surface area (Å²) in [6.45, 7) is 9.29. The first-order chi connectivity index (χ1) is 19.4. The van der Waals surface area contributed by atoms with E-state index < -0.39 is 5.92 Å². The van der Waals surface area contributed by atoms with Crippen molar-refractivity contribution in [3.05, 3.63) is 89.1 Å². The van der Waals surface area contributed by atoms with Crippen LogP contribution in [-0.4, -0.2) is 54.8 Å². The molecule has 0 fully saturated rings. The molecule has 0 bridgehead atoms. The summed E-state index contributed by atoms with van der Waals surface area (Å²) in [5, 5.41) is 5.68. The van der Waals surface area contributed by atoms with Crippen LogP contribution in [0.5, 0.6) is 5.75 Å². The molecule has 4 aromatic rings. The Morgan fingerprint density at radius 1 is 1.15 bits per heavy atom. The van der Waals surface area contributed by atoms with Crippen molar-refractivity contribution in [2.24, 2.45) is 5.10 Å². The van der Waals surface area contributed by atoms with Crippen LogP contribution in [0.4, 0.5) is 17.1 Å². The van der Waals surface area contributed by atoms with Crippen LogP contribution in [0.25, 0.3) is 15.9 Å². The average molecular weight is 535 g/mol. The number of carbonyl (C=O) groups is 2. The van der Waals surface area contributed by atoms with Gasteiger partial charge in [0.1, 0.15) is 17.8 Å². The predicted molar refractivity (Wildman–Crippen MR) is 151 cm³/mol. The smallest absolute Gasteiger partial charge is 0.253 e. The Labute approximate surface area is 230 Å². The number of carbonyl (C=O) groups excluding carboxylic acids is 2. The van der Waals surface area contributed by atoms with Crippen LogP contribution in [0.1, 0.15) is 22.9 Å². The van der Waals surface area contributed by atoms with Gasteiger partial charge in [-0.2, -0.15) is 5.10 Å². The largest absolute Gasteiger partial charge is 0.497 e. The highest BCUT2D eigenvalue weighted by molar-refractivity contribution is 6.02. The summed E-state index contributed by atoms with van der Waals surface area (Å²) in [6.07, 6.45) is 1.74. The Kier molecular flexibility index (Phi) is 6.19. The van der Waals surface area contributed by atoms with Crippen molar-refractivity contribution in [3.8, 4) is 5.75 Å². The zero-order chi connectivity index (χ0) is 28.0. The molecule has 10 heteroatoms. The van der Waals surface area contributed by atoms with Gasteiger partial charge in [0.15, 0.2) is 17.2 Å². The summed E-state index contributed by atoms with van der Waals surface area (Å²) < 4.78 is 11.1. The molecule has 1 aromatic heterocycles. The molecule has 2 aliphatic rings. The predicted octanol–water partition coefficient (Wildman–Crippen LogP) is 4.66. The van der Waals surface area contributed by atoms with Gasteiger partial charge in [0.2, 0.25) is 5.91 Å². The Morgan fingerprint density at radius 3 is 2.70 bits per heavy atom. The van der Waals surface area contributed by atoms with Crippen LogP contribution >= 0.6 is 0 Å². The van der Waals surface area contributed by atoms with Crippen molar-refractivity contribution < 1.29 is 18.7 Å². The molecule has 0 saturated heterocycles. The second-order valence-electron chi connectivity index (χ2n) is 9.80. The van der Waals surface area contributed by atoms with E-state index in [0.29, 0.717) is 40.7 Å². The van der Waals surface area contributed by atoms with Gasteiger partial charge in [-0.1, -0.05) is 24.3 Å². The lowest BCUT2D eigenvalue weighted by Gasteiger charge is -2.33. The second kappa shape index (κ2) is 9.85. The molecule has 10 nitrogen and oxygen atoms in total. The topological polar surface area (TPSA) is 95.8 Å². The number of ether oxygens (including phenoxy) is 1. The van der Waals surface area contributed by atoms with Gasteiger partial charge in [0.25, 0.3) is 5.91 Å². The van der Waals surface area contributed by atoms with Crippen molar-refractivity contribution in [1.82, 2.24) is 9.99 Å². The van der Waals surface area contributed by atoms with Crippen molar-refractivity contribution in [3.63, 3.8) is 0 Å². The van der Waals surface area contributed by atoms with Gasteiger partial charge < -0.3 is 19.0 Å². The number of fused-ring (bicyclic) bond motifs is 4. The number of oxazole rings is 1. The van der Waals surface area contributed by atoms with Gasteiger partial charge >= 0.3 is 0 Å². The number of likely N-dealkylation sites (N-methyl/N-ethyl adjacent to an activating group) is 1. The highest BCUT2D eigenvalue weighted by Crippen LogP contribution is 2.45. The summed E-state index contributed by atoms with van der Waals surface area (Å²) in [5.74, 6) is 0.108. The Bertz CT molecular complexity index is 1700. The highest BCUT2D eigenvalue weighted by atomic mass is 16.5. The van der Waals surface area contributed by atoms with E-state index in [2.05, 4.69) is 19.8 Å². The number of hydrogen-bond acceptors (Lipinski definition) is 7. The lowest BCUT2D eigenvalue weighted by molar-refractivity contribution is -0.137. The van der Waals surface area contributed by atoms with Crippen molar-refractivity contribution >= 4 is 46.2 Å². The zero-order valence-corrected chi connectivity index (χ0v) is 22.2. The minimum absolute atomic E-state index is 0.208. The number of hydrazone groups is 1. The molecule has 0 N–H and O–H groups in total. The molecule has 0 saturated carbocycles. The fourth-order valence-corrected chi connectivity index (χ4v) is 5.30. The summed E-state index contributed by atoms with van der Waals surface area (Å²) in [7, 11) is 3.25. The summed E-state index contributed by atoms with van der Waals surface area (Å²) in [5.41, 5.74) is 5.25. The molecule has 0 aliphatic carbocycles. The summed E-state index contributed by atoms with van der Waals surface area (Å²) in [6, 6.07) is 18.1. The van der Waals surface area contributed by atoms with Crippen LogP contribution in [0, 0.1) is 13.5 Å². The number of benzene rings is 3. The van der Waals surface area contributed by atoms with Gasteiger partial charge in [-0.15, -0.1) is 0 Å². The van der Waals surface area contributed by atoms with Crippen molar-refractivity contribution in [2.75, 3.05) is 30.5 Å². The summed E-state index contributed by atoms with van der Waals surface area (Å²) in [4.78, 5) is 38.5. The number of hydrogen-bond donors (Lipinski definition) is 0. The van der Waals surface area contributed by atoms with Crippen LogP contribution in [0.3, 0.4) is 0 Å². The van der Waals surface area contributed by atoms with Gasteiger partial charge in [-0.05, 0) is 41.5 Å². The van der Waals surface area contributed by atoms with E-state index in [0.717, 1.165) is 16.8 Å². The molecule has 3 aromatic carbocycles. The SMILES string of the molecule is [C-]#[N+]c1ccc(CN2c3ccc(OC)cc3C3C(=O)N(CC(=O)N(C)c4ccc5nc(C)oc5c4)N=CC32)cc1. The third kappa shape index (κ3) is 4.31. The molecule has 2 aliphatic heterocycles. The zero-order valence-electron chi connectivity index (χ0n) is 22.2. The lowest BCUT2D eigenvalue weighted by atomic mass is 9.93. The quantitative estimate of drug-likeness (QED) is 0.334. The molecule has 2 atom stereocenters. The first-order valence-corrected chi connectivity index (χ1v) is 12.8. The van der Waals surface area contributed by atoms with Crippen molar-refractivity contribution in [2.45, 2.75) is 25.4 Å².